The third-order valence-corrected chi connectivity index (χ3v) is 16.4. The molecule has 7 fully saturated rings. The third-order valence-electron chi connectivity index (χ3n) is 16.4. The molecule has 0 unspecified atom stereocenters. The van der Waals surface area contributed by atoms with Crippen molar-refractivity contribution in [2.45, 2.75) is 149 Å². The van der Waals surface area contributed by atoms with Crippen LogP contribution in [0.3, 0.4) is 0 Å². The van der Waals surface area contributed by atoms with Gasteiger partial charge in [0.15, 0.2) is 12.4 Å². The second-order valence-corrected chi connectivity index (χ2v) is 19.8. The normalized spacial score (nSPS) is 49.6. The van der Waals surface area contributed by atoms with Crippen LogP contribution < -0.4 is 0 Å². The smallest absolute Gasteiger partial charge is 0.303 e. The van der Waals surface area contributed by atoms with Crippen molar-refractivity contribution in [2.75, 3.05) is 46.9 Å². The summed E-state index contributed by atoms with van der Waals surface area (Å²) in [6.07, 6.45) is 6.80. The number of morpholine rings is 1. The lowest BCUT2D eigenvalue weighted by Gasteiger charge is -2.64. The van der Waals surface area contributed by atoms with Gasteiger partial charge in [0.1, 0.15) is 0 Å². The van der Waals surface area contributed by atoms with Gasteiger partial charge in [-0.25, -0.2) is 0 Å². The second kappa shape index (κ2) is 12.1. The Morgan fingerprint density at radius 2 is 1.76 bits per heavy atom. The number of hydrogen-bond donors (Lipinski definition) is 2. The first-order valence-corrected chi connectivity index (χ1v) is 19.7. The maximum atomic E-state index is 12.6. The average Bonchev–Trinajstić information content (AvgIpc) is 3.64. The van der Waals surface area contributed by atoms with E-state index in [4.69, 9.17) is 18.9 Å². The average molecular weight is 689 g/mol. The summed E-state index contributed by atoms with van der Waals surface area (Å²) in [6.45, 7) is 21.5. The summed E-state index contributed by atoms with van der Waals surface area (Å²) in [7, 11) is 4.26. The highest BCUT2D eigenvalue weighted by atomic mass is 16.7. The van der Waals surface area contributed by atoms with Crippen molar-refractivity contribution in [3.05, 3.63) is 0 Å². The maximum Gasteiger partial charge on any atom is 0.303 e. The van der Waals surface area contributed by atoms with E-state index in [0.29, 0.717) is 23.7 Å². The van der Waals surface area contributed by atoms with Gasteiger partial charge in [-0.2, -0.15) is 0 Å². The monoisotopic (exact) mass is 689 g/mol. The van der Waals surface area contributed by atoms with Crippen molar-refractivity contribution in [3.63, 3.8) is 0 Å². The molecule has 0 amide bonds. The van der Waals surface area contributed by atoms with Gasteiger partial charge in [-0.05, 0) is 125 Å². The summed E-state index contributed by atoms with van der Waals surface area (Å²) in [5.41, 5.74) is -0.932. The molecular formula is C40H68N2O7. The number of aliphatic hydroxyl groups is 2. The van der Waals surface area contributed by atoms with Gasteiger partial charge in [0, 0.05) is 38.5 Å². The molecule has 9 heteroatoms. The molecule has 49 heavy (non-hydrogen) atoms. The lowest BCUT2D eigenvalue weighted by Crippen LogP contribution is -2.60. The Morgan fingerprint density at radius 1 is 1.06 bits per heavy atom. The molecule has 0 bridgehead atoms. The zero-order valence-corrected chi connectivity index (χ0v) is 32.3. The van der Waals surface area contributed by atoms with Gasteiger partial charge in [0.25, 0.3) is 0 Å². The Hall–Kier alpha value is -0.810. The molecule has 5 aliphatic carbocycles. The van der Waals surface area contributed by atoms with E-state index in [1.54, 1.807) is 13.8 Å². The first-order valence-electron chi connectivity index (χ1n) is 19.7. The minimum Gasteiger partial charge on any atom is -0.457 e. The summed E-state index contributed by atoms with van der Waals surface area (Å²) in [6, 6.07) is 0. The zero-order valence-electron chi connectivity index (χ0n) is 32.3. The van der Waals surface area contributed by atoms with Crippen LogP contribution in [0.2, 0.25) is 0 Å². The Kier molecular flexibility index (Phi) is 9.03. The van der Waals surface area contributed by atoms with E-state index in [2.05, 4.69) is 58.5 Å². The number of carbonyl (C=O) groups is 1. The first kappa shape index (κ1) is 36.5. The van der Waals surface area contributed by atoms with Crippen LogP contribution in [-0.4, -0.2) is 115 Å². The molecule has 5 saturated carbocycles. The van der Waals surface area contributed by atoms with Crippen molar-refractivity contribution in [3.8, 4) is 0 Å². The Morgan fingerprint density at radius 3 is 2.43 bits per heavy atom. The molecule has 2 N–H and O–H groups in total. The minimum atomic E-state index is -1.25. The highest BCUT2D eigenvalue weighted by Crippen LogP contribution is 2.89. The van der Waals surface area contributed by atoms with Crippen LogP contribution in [0.15, 0.2) is 0 Å². The van der Waals surface area contributed by atoms with Crippen LogP contribution in [0.5, 0.6) is 0 Å². The molecule has 2 spiro atoms. The number of hydrogen-bond acceptors (Lipinski definition) is 9. The van der Waals surface area contributed by atoms with Crippen molar-refractivity contribution >= 4 is 5.97 Å². The molecule has 2 aliphatic heterocycles. The van der Waals surface area contributed by atoms with Crippen LogP contribution in [-0.2, 0) is 23.7 Å². The lowest BCUT2D eigenvalue weighted by atomic mass is 9.41. The molecule has 0 aromatic rings. The predicted octanol–water partition coefficient (Wildman–Crippen LogP) is 5.11. The van der Waals surface area contributed by atoms with E-state index >= 15 is 0 Å². The fraction of sp³-hybridized carbons (Fsp3) is 0.975. The highest BCUT2D eigenvalue weighted by molar-refractivity contribution is 5.66. The fourth-order valence-electron chi connectivity index (χ4n) is 14.1. The van der Waals surface area contributed by atoms with Gasteiger partial charge in [0.2, 0.25) is 0 Å². The number of nitrogens with zero attached hydrogens (tertiary/aromatic N) is 2. The Balaban J connectivity index is 1.10. The molecule has 2 saturated heterocycles. The lowest BCUT2D eigenvalue weighted by molar-refractivity contribution is -0.249. The van der Waals surface area contributed by atoms with E-state index in [1.807, 2.05) is 0 Å². The van der Waals surface area contributed by atoms with Crippen LogP contribution >= 0.6 is 0 Å². The van der Waals surface area contributed by atoms with Gasteiger partial charge in [-0.1, -0.05) is 34.6 Å². The molecule has 2 heterocycles. The second-order valence-electron chi connectivity index (χ2n) is 19.8. The van der Waals surface area contributed by atoms with Crippen molar-refractivity contribution in [1.82, 2.24) is 9.80 Å². The van der Waals surface area contributed by atoms with Crippen LogP contribution in [0.25, 0.3) is 0 Å². The molecular weight excluding hydrogens is 620 g/mol. The Labute approximate surface area is 296 Å². The van der Waals surface area contributed by atoms with Gasteiger partial charge in [0.05, 0.1) is 36.6 Å². The Bertz CT molecular complexity index is 1270. The quantitative estimate of drug-likeness (QED) is 0.337. The number of aliphatic hydroxyl groups excluding tert-OH is 1. The maximum absolute atomic E-state index is 12.6. The van der Waals surface area contributed by atoms with Crippen molar-refractivity contribution < 1.29 is 34.0 Å². The standard InChI is InChI=1S/C40H68N2O7/c1-24-21-26(34(36(5,6)45)47-25(2)43)48-32-31(24)37(7)15-16-40-23-39(40)14-13-29(49-30-22-42(19-20-46-30)18-17-41(9)10)35(3,4)27(39)11-12-28(40)38(37,8)33(32)44/h24,26-34,44-45H,11-23H2,1-10H3/t24-,26-,27+,28+,29+,30+,31+,32+,33+,34+,37-,38-,39-,40+/m1/s1. The van der Waals surface area contributed by atoms with Crippen molar-refractivity contribution in [2.24, 2.45) is 50.7 Å². The molecule has 7 aliphatic rings. The molecule has 9 nitrogen and oxygen atoms in total. The van der Waals surface area contributed by atoms with Crippen LogP contribution in [0.4, 0.5) is 0 Å². The third kappa shape index (κ3) is 5.35. The summed E-state index contributed by atoms with van der Waals surface area (Å²) < 4.78 is 25.7. The number of carbonyl (C=O) groups excluding carboxylic acids is 1. The summed E-state index contributed by atoms with van der Waals surface area (Å²) >= 11 is 0. The number of likely N-dealkylation sites (N-methyl/N-ethyl adjacent to an activating group) is 1. The van der Waals surface area contributed by atoms with E-state index in [9.17, 15) is 15.0 Å². The van der Waals surface area contributed by atoms with Gasteiger partial charge >= 0.3 is 5.97 Å². The number of fused-ring (bicyclic) bond motifs is 4. The summed E-state index contributed by atoms with van der Waals surface area (Å²) in [5.74, 6) is 1.13. The molecule has 0 aromatic heterocycles. The SMILES string of the molecule is CC(=O)O[C@@H]([C@H]1C[C@@H](C)[C@H]2[C@H](O1)[C@H](O)[C@@]1(C)[C@@H]3CC[C@H]4C(C)(C)[C@@H](O[C@H]5CN(CCN(C)C)CCO5)CC[C@@]45C[C@@]35CC[C@]21C)C(C)(C)O. The summed E-state index contributed by atoms with van der Waals surface area (Å²) in [5, 5.41) is 23.6. The molecule has 0 radical (unpaired) electrons. The predicted molar refractivity (Wildman–Crippen MR) is 188 cm³/mol. The molecule has 14 atom stereocenters. The number of rotatable bonds is 8. The van der Waals surface area contributed by atoms with E-state index in [0.717, 1.165) is 52.0 Å². The fourth-order valence-corrected chi connectivity index (χ4v) is 14.1. The highest BCUT2D eigenvalue weighted by Gasteiger charge is 2.84. The van der Waals surface area contributed by atoms with E-state index in [1.165, 1.54) is 32.6 Å². The largest absolute Gasteiger partial charge is 0.457 e. The number of ether oxygens (including phenoxy) is 4. The van der Waals surface area contributed by atoms with Gasteiger partial charge in [-0.3, -0.25) is 9.69 Å². The first-order chi connectivity index (χ1) is 22.8. The van der Waals surface area contributed by atoms with Crippen LogP contribution in [0.1, 0.15) is 107 Å². The van der Waals surface area contributed by atoms with Crippen LogP contribution in [0, 0.1) is 50.7 Å². The van der Waals surface area contributed by atoms with Crippen molar-refractivity contribution in [1.29, 1.82) is 0 Å². The van der Waals surface area contributed by atoms with E-state index in [-0.39, 0.29) is 52.0 Å². The minimum absolute atomic E-state index is 0.0493. The summed E-state index contributed by atoms with van der Waals surface area (Å²) in [4.78, 5) is 16.8. The van der Waals surface area contributed by atoms with E-state index < -0.39 is 29.9 Å². The van der Waals surface area contributed by atoms with Gasteiger partial charge < -0.3 is 34.1 Å². The van der Waals surface area contributed by atoms with Gasteiger partial charge in [-0.15, -0.1) is 0 Å². The molecule has 0 aromatic carbocycles. The molecule has 280 valence electrons. The number of esters is 1. The molecule has 7 rings (SSSR count). The topological polar surface area (TPSA) is 101 Å². The zero-order chi connectivity index (χ0) is 35.5.